The lowest BCUT2D eigenvalue weighted by Gasteiger charge is -2.44. The second-order valence-corrected chi connectivity index (χ2v) is 8.33. The van der Waals surface area contributed by atoms with Crippen molar-refractivity contribution in [3.8, 4) is 0 Å². The summed E-state index contributed by atoms with van der Waals surface area (Å²) in [4.78, 5) is 25.0. The minimum Gasteiger partial charge on any atom is -0.391 e. The van der Waals surface area contributed by atoms with Crippen LogP contribution >= 0.6 is 0 Å². The summed E-state index contributed by atoms with van der Waals surface area (Å²) < 4.78 is 0. The molecule has 4 saturated heterocycles. The van der Waals surface area contributed by atoms with Crippen molar-refractivity contribution in [2.24, 2.45) is 11.8 Å². The molecule has 8 nitrogen and oxygen atoms in total. The maximum absolute atomic E-state index is 12.5. The molecule has 24 heavy (non-hydrogen) atoms. The van der Waals surface area contributed by atoms with Gasteiger partial charge in [-0.15, -0.1) is 0 Å². The van der Waals surface area contributed by atoms with Crippen LogP contribution in [0.3, 0.4) is 0 Å². The highest BCUT2D eigenvalue weighted by Crippen LogP contribution is 2.60. The van der Waals surface area contributed by atoms with Crippen LogP contribution in [0.4, 0.5) is 0 Å². The van der Waals surface area contributed by atoms with Gasteiger partial charge in [-0.1, -0.05) is 0 Å². The van der Waals surface area contributed by atoms with Crippen LogP contribution in [0, 0.1) is 11.8 Å². The topological polar surface area (TPSA) is 87.6 Å². The number of fused-ring (bicyclic) bond motifs is 6. The first kappa shape index (κ1) is 14.0. The summed E-state index contributed by atoms with van der Waals surface area (Å²) in [5, 5.41) is 28.1. The van der Waals surface area contributed by atoms with Crippen LogP contribution < -0.4 is 0 Å². The molecule has 0 aromatic carbocycles. The summed E-state index contributed by atoms with van der Waals surface area (Å²) in [7, 11) is 0. The van der Waals surface area contributed by atoms with Crippen LogP contribution in [0.15, 0.2) is 0 Å². The summed E-state index contributed by atoms with van der Waals surface area (Å²) >= 11 is 0. The second kappa shape index (κ2) is 4.30. The zero-order valence-corrected chi connectivity index (χ0v) is 13.4. The number of rotatable bonds is 0. The predicted molar refractivity (Wildman–Crippen MR) is 79.7 cm³/mol. The number of amides is 2. The smallest absolute Gasteiger partial charge is 0.239 e. The molecule has 2 amide bonds. The van der Waals surface area contributed by atoms with Crippen LogP contribution in [0.1, 0.15) is 25.7 Å². The van der Waals surface area contributed by atoms with E-state index in [4.69, 9.17) is 0 Å². The molecule has 8 atom stereocenters. The molecule has 6 aliphatic rings. The van der Waals surface area contributed by atoms with Crippen molar-refractivity contribution in [1.82, 2.24) is 20.0 Å². The molecule has 130 valence electrons. The van der Waals surface area contributed by atoms with Gasteiger partial charge in [-0.25, -0.2) is 10.0 Å². The van der Waals surface area contributed by atoms with E-state index < -0.39 is 12.2 Å². The third kappa shape index (κ3) is 1.45. The minimum absolute atomic E-state index is 0.0382. The van der Waals surface area contributed by atoms with Crippen molar-refractivity contribution in [2.75, 3.05) is 13.1 Å². The number of carbonyl (C=O) groups excluding carboxylic acids is 2. The molecular weight excluding hydrogens is 312 g/mol. The summed E-state index contributed by atoms with van der Waals surface area (Å²) in [5.41, 5.74) is 0. The lowest BCUT2D eigenvalue weighted by atomic mass is 9.93. The Hall–Kier alpha value is -1.22. The third-order valence-electron chi connectivity index (χ3n) is 7.26. The molecular formula is C16H22N4O4. The first-order valence-corrected chi connectivity index (χ1v) is 9.08. The Labute approximate surface area is 139 Å². The van der Waals surface area contributed by atoms with Crippen molar-refractivity contribution in [3.63, 3.8) is 0 Å². The van der Waals surface area contributed by atoms with Gasteiger partial charge in [0.25, 0.3) is 0 Å². The van der Waals surface area contributed by atoms with Crippen LogP contribution in [0.25, 0.3) is 0 Å². The normalized spacial score (nSPS) is 52.9. The maximum Gasteiger partial charge on any atom is 0.239 e. The van der Waals surface area contributed by atoms with Gasteiger partial charge < -0.3 is 10.2 Å². The number of carbonyl (C=O) groups is 2. The van der Waals surface area contributed by atoms with Crippen molar-refractivity contribution in [2.45, 2.75) is 62.1 Å². The molecule has 0 spiro atoms. The van der Waals surface area contributed by atoms with Gasteiger partial charge in [0.2, 0.25) is 11.8 Å². The van der Waals surface area contributed by atoms with Crippen molar-refractivity contribution in [3.05, 3.63) is 0 Å². The van der Waals surface area contributed by atoms with Gasteiger partial charge in [0.05, 0.1) is 37.1 Å². The standard InChI is InChI=1S/C16H22N4O4/c21-7-1-13(23)19-11-3-10-16-12(4-9(15(11)16)17(19)5-7)20-14(24)2-8(22)6-18(10)20/h7-12,15-16,21-22H,1-6H2/t7?,8?,9-,10-,11+,12+,15+,16+/m1/s1. The van der Waals surface area contributed by atoms with Crippen molar-refractivity contribution < 1.29 is 19.8 Å². The fourth-order valence-electron chi connectivity index (χ4n) is 6.78. The lowest BCUT2D eigenvalue weighted by Crippen LogP contribution is -2.59. The molecule has 4 heterocycles. The molecule has 2 unspecified atom stereocenters. The third-order valence-corrected chi connectivity index (χ3v) is 7.26. The highest BCUT2D eigenvalue weighted by atomic mass is 16.3. The van der Waals surface area contributed by atoms with Crippen LogP contribution in [0.2, 0.25) is 0 Å². The SMILES string of the molecule is O=C1CC(O)CN2[C@@H]3C[C@H]4[C@H]5[C@@H]3[C@H](C[C@H]5N3CC(O)CC(=O)N43)N12. The van der Waals surface area contributed by atoms with Crippen LogP contribution in [0.5, 0.6) is 0 Å². The lowest BCUT2D eigenvalue weighted by molar-refractivity contribution is -0.176. The molecule has 6 fully saturated rings. The average molecular weight is 334 g/mol. The Morgan fingerprint density at radius 2 is 1.12 bits per heavy atom. The van der Waals surface area contributed by atoms with E-state index in [2.05, 4.69) is 10.0 Å². The molecule has 2 saturated carbocycles. The second-order valence-electron chi connectivity index (χ2n) is 8.33. The highest BCUT2D eigenvalue weighted by Gasteiger charge is 2.71. The molecule has 2 aliphatic carbocycles. The van der Waals surface area contributed by atoms with E-state index in [1.807, 2.05) is 10.0 Å². The number of hydrogen-bond acceptors (Lipinski definition) is 6. The zero-order valence-electron chi connectivity index (χ0n) is 13.4. The summed E-state index contributed by atoms with van der Waals surface area (Å²) in [5.74, 6) is 0.863. The average Bonchev–Trinajstić information content (AvgIpc) is 3.17. The van der Waals surface area contributed by atoms with E-state index in [1.165, 1.54) is 0 Å². The van der Waals surface area contributed by atoms with Gasteiger partial charge in [-0.3, -0.25) is 19.6 Å². The number of hydrogen-bond donors (Lipinski definition) is 2. The van der Waals surface area contributed by atoms with Gasteiger partial charge >= 0.3 is 0 Å². The Bertz CT molecular complexity index is 590. The van der Waals surface area contributed by atoms with Crippen LogP contribution in [-0.2, 0) is 9.59 Å². The zero-order chi connectivity index (χ0) is 16.3. The van der Waals surface area contributed by atoms with E-state index in [1.54, 1.807) is 0 Å². The maximum atomic E-state index is 12.5. The molecule has 8 heteroatoms. The van der Waals surface area contributed by atoms with E-state index in [-0.39, 0.29) is 48.8 Å². The Morgan fingerprint density at radius 1 is 0.708 bits per heavy atom. The molecule has 0 aromatic rings. The van der Waals surface area contributed by atoms with Gasteiger partial charge in [0.15, 0.2) is 0 Å². The molecule has 0 aromatic heterocycles. The number of hydrazine groups is 2. The number of nitrogens with zero attached hydrogens (tertiary/aromatic N) is 4. The van der Waals surface area contributed by atoms with Crippen molar-refractivity contribution in [1.29, 1.82) is 0 Å². The van der Waals surface area contributed by atoms with Gasteiger partial charge in [-0.05, 0) is 12.8 Å². The van der Waals surface area contributed by atoms with E-state index in [0.717, 1.165) is 12.8 Å². The summed E-state index contributed by atoms with van der Waals surface area (Å²) in [6.45, 7) is 1.06. The van der Waals surface area contributed by atoms with Gasteiger partial charge in [-0.2, -0.15) is 0 Å². The Kier molecular flexibility index (Phi) is 2.51. The molecule has 6 rings (SSSR count). The molecule has 0 radical (unpaired) electrons. The quantitative estimate of drug-likeness (QED) is 0.541. The number of aliphatic hydroxyl groups excluding tert-OH is 2. The summed E-state index contributed by atoms with van der Waals surface area (Å²) in [6.07, 6.45) is 1.03. The molecule has 0 bridgehead atoms. The Balaban J connectivity index is 1.39. The Morgan fingerprint density at radius 3 is 1.54 bits per heavy atom. The van der Waals surface area contributed by atoms with E-state index in [0.29, 0.717) is 24.9 Å². The predicted octanol–water partition coefficient (Wildman–Crippen LogP) is -1.85. The van der Waals surface area contributed by atoms with E-state index >= 15 is 0 Å². The van der Waals surface area contributed by atoms with E-state index in [9.17, 15) is 19.8 Å². The van der Waals surface area contributed by atoms with Gasteiger partial charge in [0, 0.05) is 37.0 Å². The van der Waals surface area contributed by atoms with Crippen molar-refractivity contribution >= 4 is 11.8 Å². The highest BCUT2D eigenvalue weighted by molar-refractivity contribution is 5.79. The first-order chi connectivity index (χ1) is 11.5. The largest absolute Gasteiger partial charge is 0.391 e. The van der Waals surface area contributed by atoms with Gasteiger partial charge in [0.1, 0.15) is 0 Å². The van der Waals surface area contributed by atoms with Crippen LogP contribution in [-0.4, -0.2) is 91.5 Å². The first-order valence-electron chi connectivity index (χ1n) is 9.08. The molecule has 4 aliphatic heterocycles. The number of aliphatic hydroxyl groups is 2. The fourth-order valence-corrected chi connectivity index (χ4v) is 6.78. The monoisotopic (exact) mass is 334 g/mol. The minimum atomic E-state index is -0.577. The molecule has 2 N–H and O–H groups in total. The fraction of sp³-hybridized carbons (Fsp3) is 0.875. The summed E-state index contributed by atoms with van der Waals surface area (Å²) in [6, 6.07) is 0.920.